The van der Waals surface area contributed by atoms with Crippen LogP contribution in [0, 0.1) is 0 Å². The van der Waals surface area contributed by atoms with E-state index in [1.165, 1.54) is 0 Å². The third-order valence-electron chi connectivity index (χ3n) is 3.13. The van der Waals surface area contributed by atoms with E-state index in [4.69, 9.17) is 4.74 Å². The van der Waals surface area contributed by atoms with Crippen LogP contribution in [0.2, 0.25) is 0 Å². The zero-order valence-electron chi connectivity index (χ0n) is 11.3. The molecule has 1 fully saturated rings. The Morgan fingerprint density at radius 2 is 2.20 bits per heavy atom. The van der Waals surface area contributed by atoms with E-state index >= 15 is 0 Å². The van der Waals surface area contributed by atoms with Crippen molar-refractivity contribution >= 4 is 21.6 Å². The first kappa shape index (κ1) is 14.6. The Balaban J connectivity index is 1.92. The molecule has 110 valence electrons. The molecule has 2 rings (SSSR count). The number of anilines is 1. The summed E-state index contributed by atoms with van der Waals surface area (Å²) >= 11 is 0. The fourth-order valence-corrected chi connectivity index (χ4v) is 3.83. The normalized spacial score (nSPS) is 20.9. The molecule has 0 saturated carbocycles. The standard InChI is InChI=1S/C13H18N2O4S/c1-19-12-6-2-4-10(8-12)14-13(16)15-11-5-3-7-20(17,18)9-11/h2,4,6,8,11H,3,5,7,9H2,1H3,(H2,14,15,16). The van der Waals surface area contributed by atoms with Gasteiger partial charge in [0.25, 0.3) is 0 Å². The molecule has 1 aliphatic heterocycles. The SMILES string of the molecule is COc1cccc(NC(=O)NC2CCCS(=O)(=O)C2)c1. The molecular formula is C13H18N2O4S. The van der Waals surface area contributed by atoms with Crippen molar-refractivity contribution in [2.24, 2.45) is 0 Å². The fraction of sp³-hybridized carbons (Fsp3) is 0.462. The highest BCUT2D eigenvalue weighted by molar-refractivity contribution is 7.91. The largest absolute Gasteiger partial charge is 0.497 e. The third-order valence-corrected chi connectivity index (χ3v) is 4.95. The quantitative estimate of drug-likeness (QED) is 0.883. The summed E-state index contributed by atoms with van der Waals surface area (Å²) in [5.41, 5.74) is 0.598. The summed E-state index contributed by atoms with van der Waals surface area (Å²) in [6.07, 6.45) is 1.28. The van der Waals surface area contributed by atoms with Crippen LogP contribution in [0.4, 0.5) is 10.5 Å². The Kier molecular flexibility index (Phi) is 4.49. The van der Waals surface area contributed by atoms with E-state index in [0.29, 0.717) is 24.3 Å². The first-order valence-corrected chi connectivity index (χ1v) is 8.23. The van der Waals surface area contributed by atoms with Gasteiger partial charge in [0.2, 0.25) is 0 Å². The molecule has 0 radical (unpaired) electrons. The molecule has 0 bridgehead atoms. The highest BCUT2D eigenvalue weighted by atomic mass is 32.2. The Morgan fingerprint density at radius 1 is 1.40 bits per heavy atom. The van der Waals surface area contributed by atoms with Gasteiger partial charge in [0.15, 0.2) is 9.84 Å². The van der Waals surface area contributed by atoms with E-state index in [0.717, 1.165) is 0 Å². The number of hydrogen-bond acceptors (Lipinski definition) is 4. The zero-order valence-corrected chi connectivity index (χ0v) is 12.1. The first-order valence-electron chi connectivity index (χ1n) is 6.40. The number of carbonyl (C=O) groups excluding carboxylic acids is 1. The molecule has 1 unspecified atom stereocenters. The number of rotatable bonds is 3. The van der Waals surface area contributed by atoms with Crippen LogP contribution in [-0.4, -0.2) is 39.1 Å². The van der Waals surface area contributed by atoms with Crippen molar-refractivity contribution in [2.45, 2.75) is 18.9 Å². The van der Waals surface area contributed by atoms with Gasteiger partial charge < -0.3 is 15.4 Å². The number of amides is 2. The number of benzene rings is 1. The van der Waals surface area contributed by atoms with Crippen molar-refractivity contribution in [3.8, 4) is 5.75 Å². The maximum absolute atomic E-state index is 11.8. The predicted molar refractivity (Wildman–Crippen MR) is 76.8 cm³/mol. The monoisotopic (exact) mass is 298 g/mol. The number of carbonyl (C=O) groups is 1. The van der Waals surface area contributed by atoms with Gasteiger partial charge in [-0.15, -0.1) is 0 Å². The van der Waals surface area contributed by atoms with Gasteiger partial charge >= 0.3 is 6.03 Å². The molecule has 1 saturated heterocycles. The van der Waals surface area contributed by atoms with E-state index in [1.54, 1.807) is 31.4 Å². The number of methoxy groups -OCH3 is 1. The van der Waals surface area contributed by atoms with Crippen LogP contribution in [0.25, 0.3) is 0 Å². The van der Waals surface area contributed by atoms with Crippen molar-refractivity contribution < 1.29 is 17.9 Å². The average Bonchev–Trinajstić information content (AvgIpc) is 2.37. The van der Waals surface area contributed by atoms with Crippen LogP contribution in [0.15, 0.2) is 24.3 Å². The minimum Gasteiger partial charge on any atom is -0.497 e. The summed E-state index contributed by atoms with van der Waals surface area (Å²) in [6.45, 7) is 0. The molecule has 7 heteroatoms. The third kappa shape index (κ3) is 4.12. The maximum Gasteiger partial charge on any atom is 0.319 e. The van der Waals surface area contributed by atoms with Gasteiger partial charge in [-0.2, -0.15) is 0 Å². The smallest absolute Gasteiger partial charge is 0.319 e. The molecule has 1 aliphatic rings. The van der Waals surface area contributed by atoms with Gasteiger partial charge in [0.05, 0.1) is 18.6 Å². The predicted octanol–water partition coefficient (Wildman–Crippen LogP) is 1.39. The Morgan fingerprint density at radius 3 is 2.90 bits per heavy atom. The van der Waals surface area contributed by atoms with E-state index < -0.39 is 15.9 Å². The highest BCUT2D eigenvalue weighted by Gasteiger charge is 2.25. The summed E-state index contributed by atoms with van der Waals surface area (Å²) in [6, 6.07) is 6.24. The molecule has 1 atom stereocenters. The molecule has 1 aromatic carbocycles. The Hall–Kier alpha value is -1.76. The molecule has 1 aromatic rings. The molecule has 2 N–H and O–H groups in total. The maximum atomic E-state index is 11.8. The van der Waals surface area contributed by atoms with E-state index in [2.05, 4.69) is 10.6 Å². The van der Waals surface area contributed by atoms with Crippen molar-refractivity contribution in [3.05, 3.63) is 24.3 Å². The van der Waals surface area contributed by atoms with Crippen molar-refractivity contribution in [3.63, 3.8) is 0 Å². The van der Waals surface area contributed by atoms with Crippen LogP contribution < -0.4 is 15.4 Å². The van der Waals surface area contributed by atoms with E-state index in [-0.39, 0.29) is 17.5 Å². The van der Waals surface area contributed by atoms with Crippen molar-refractivity contribution in [1.29, 1.82) is 0 Å². The van der Waals surface area contributed by atoms with Gasteiger partial charge in [-0.05, 0) is 25.0 Å². The number of ether oxygens (including phenoxy) is 1. The lowest BCUT2D eigenvalue weighted by atomic mass is 10.2. The summed E-state index contributed by atoms with van der Waals surface area (Å²) in [7, 11) is -1.48. The zero-order chi connectivity index (χ0) is 14.6. The van der Waals surface area contributed by atoms with E-state index in [9.17, 15) is 13.2 Å². The highest BCUT2D eigenvalue weighted by Crippen LogP contribution is 2.17. The Bertz CT molecular complexity index is 586. The number of hydrogen-bond donors (Lipinski definition) is 2. The number of urea groups is 1. The van der Waals surface area contributed by atoms with Crippen LogP contribution in [-0.2, 0) is 9.84 Å². The lowest BCUT2D eigenvalue weighted by molar-refractivity contribution is 0.248. The second-order valence-electron chi connectivity index (χ2n) is 4.78. The van der Waals surface area contributed by atoms with Gasteiger partial charge in [0.1, 0.15) is 5.75 Å². The summed E-state index contributed by atoms with van der Waals surface area (Å²) in [5, 5.41) is 5.36. The summed E-state index contributed by atoms with van der Waals surface area (Å²) in [5.74, 6) is 0.865. The van der Waals surface area contributed by atoms with Gasteiger partial charge in [-0.3, -0.25) is 0 Å². The molecule has 1 heterocycles. The minimum absolute atomic E-state index is 0.0124. The lowest BCUT2D eigenvalue weighted by Gasteiger charge is -2.23. The van der Waals surface area contributed by atoms with Gasteiger partial charge in [-0.1, -0.05) is 6.07 Å². The second kappa shape index (κ2) is 6.13. The minimum atomic E-state index is -3.02. The fourth-order valence-electron chi connectivity index (χ4n) is 2.19. The van der Waals surface area contributed by atoms with Crippen LogP contribution in [0.1, 0.15) is 12.8 Å². The van der Waals surface area contributed by atoms with Crippen molar-refractivity contribution in [2.75, 3.05) is 23.9 Å². The molecule has 0 spiro atoms. The topological polar surface area (TPSA) is 84.5 Å². The molecular weight excluding hydrogens is 280 g/mol. The lowest BCUT2D eigenvalue weighted by Crippen LogP contribution is -2.44. The molecule has 20 heavy (non-hydrogen) atoms. The summed E-state index contributed by atoms with van der Waals surface area (Å²) in [4.78, 5) is 11.8. The summed E-state index contributed by atoms with van der Waals surface area (Å²) < 4.78 is 28.1. The number of sulfone groups is 1. The first-order chi connectivity index (χ1) is 9.48. The Labute approximate surface area is 118 Å². The van der Waals surface area contributed by atoms with Gasteiger partial charge in [0, 0.05) is 17.8 Å². The van der Waals surface area contributed by atoms with Crippen LogP contribution in [0.5, 0.6) is 5.75 Å². The van der Waals surface area contributed by atoms with Crippen LogP contribution in [0.3, 0.4) is 0 Å². The molecule has 2 amide bonds. The van der Waals surface area contributed by atoms with E-state index in [1.807, 2.05) is 0 Å². The van der Waals surface area contributed by atoms with Gasteiger partial charge in [-0.25, -0.2) is 13.2 Å². The molecule has 0 aliphatic carbocycles. The second-order valence-corrected chi connectivity index (χ2v) is 7.01. The van der Waals surface area contributed by atoms with Crippen molar-refractivity contribution in [1.82, 2.24) is 5.32 Å². The molecule has 0 aromatic heterocycles. The number of nitrogens with one attached hydrogen (secondary N) is 2. The average molecular weight is 298 g/mol. The van der Waals surface area contributed by atoms with Crippen LogP contribution >= 0.6 is 0 Å². The molecule has 6 nitrogen and oxygen atoms in total.